The maximum atomic E-state index is 15.0. The molecule has 3 N–H and O–H groups in total. The summed E-state index contributed by atoms with van der Waals surface area (Å²) in [5.41, 5.74) is 1.42. The molecule has 0 aliphatic rings. The van der Waals surface area contributed by atoms with E-state index in [1.54, 1.807) is 36.7 Å². The van der Waals surface area contributed by atoms with E-state index < -0.39 is 23.9 Å². The smallest absolute Gasteiger partial charge is 0.252 e. The number of aromatic amines is 1. The molecule has 0 radical (unpaired) electrons. The highest BCUT2D eigenvalue weighted by Crippen LogP contribution is 2.29. The van der Waals surface area contributed by atoms with Crippen molar-refractivity contribution in [3.8, 4) is 22.5 Å². The molecule has 0 aliphatic carbocycles. The molecule has 8 nitrogen and oxygen atoms in total. The van der Waals surface area contributed by atoms with Gasteiger partial charge in [-0.3, -0.25) is 9.89 Å². The second-order valence-electron chi connectivity index (χ2n) is 7.81. The number of H-pyrrole nitrogens is 1. The number of hydrogen-bond donors (Lipinski definition) is 3. The second kappa shape index (κ2) is 10.9. The number of benzene rings is 2. The Morgan fingerprint density at radius 3 is 2.57 bits per heavy atom. The number of carbonyl (C=O) groups excluding carboxylic acids is 1. The van der Waals surface area contributed by atoms with E-state index >= 15 is 0 Å². The molecule has 35 heavy (non-hydrogen) atoms. The van der Waals surface area contributed by atoms with E-state index in [2.05, 4.69) is 25.5 Å². The average molecular weight is 479 g/mol. The van der Waals surface area contributed by atoms with Gasteiger partial charge in [-0.15, -0.1) is 0 Å². The van der Waals surface area contributed by atoms with E-state index in [0.717, 1.165) is 0 Å². The van der Waals surface area contributed by atoms with Crippen LogP contribution in [0.1, 0.15) is 16.2 Å². The number of amides is 1. The number of methoxy groups -OCH3 is 1. The van der Waals surface area contributed by atoms with Crippen LogP contribution in [0.3, 0.4) is 0 Å². The van der Waals surface area contributed by atoms with Crippen molar-refractivity contribution in [3.05, 3.63) is 90.0 Å². The fourth-order valence-corrected chi connectivity index (χ4v) is 3.65. The van der Waals surface area contributed by atoms with Gasteiger partial charge in [0.05, 0.1) is 35.7 Å². The molecule has 4 aromatic rings. The molecule has 1 amide bonds. The number of hydrogen-bond acceptors (Lipinski definition) is 6. The number of aromatic nitrogens is 4. The van der Waals surface area contributed by atoms with E-state index in [0.29, 0.717) is 17.1 Å². The van der Waals surface area contributed by atoms with Gasteiger partial charge in [0, 0.05) is 37.1 Å². The summed E-state index contributed by atoms with van der Waals surface area (Å²) in [6.45, 7) is -0.0324. The van der Waals surface area contributed by atoms with Gasteiger partial charge < -0.3 is 15.2 Å². The Labute approximate surface area is 200 Å². The lowest BCUT2D eigenvalue weighted by Crippen LogP contribution is -2.47. The quantitative estimate of drug-likeness (QED) is 0.340. The van der Waals surface area contributed by atoms with Crippen molar-refractivity contribution in [1.29, 1.82) is 0 Å². The first kappa shape index (κ1) is 24.1. The molecule has 0 saturated heterocycles. The van der Waals surface area contributed by atoms with Gasteiger partial charge in [-0.1, -0.05) is 6.07 Å². The van der Waals surface area contributed by atoms with Crippen LogP contribution in [0.15, 0.2) is 67.0 Å². The average Bonchev–Trinajstić information content (AvgIpc) is 3.34. The zero-order chi connectivity index (χ0) is 24.8. The lowest BCUT2D eigenvalue weighted by molar-refractivity contribution is 0.0366. The topological polar surface area (TPSA) is 113 Å². The standard InChI is InChI=1S/C25H23F2N5O3/c1-35-14-22(33)20(13-23-28-10-3-11-29-23)30-25(34)17-4-2-5-18(27)24(17)21-12-19(31-32-21)15-6-8-16(26)9-7-15/h2-12,20,22,33H,13-14H2,1H3,(H,30,34)(H,31,32)/t20-,22-/m1/s1. The normalized spacial score (nSPS) is 12.8. The monoisotopic (exact) mass is 479 g/mol. The van der Waals surface area contributed by atoms with Gasteiger partial charge in [-0.05, 0) is 48.5 Å². The summed E-state index contributed by atoms with van der Waals surface area (Å²) in [5.74, 6) is -1.20. The van der Waals surface area contributed by atoms with Gasteiger partial charge in [0.15, 0.2) is 0 Å². The predicted octanol–water partition coefficient (Wildman–Crippen LogP) is 3.16. The van der Waals surface area contributed by atoms with Gasteiger partial charge in [0.25, 0.3) is 5.91 Å². The number of carbonyl (C=O) groups is 1. The molecule has 2 heterocycles. The molecular weight excluding hydrogens is 456 g/mol. The molecule has 0 bridgehead atoms. The Balaban J connectivity index is 1.63. The van der Waals surface area contributed by atoms with Crippen LogP contribution in [0.2, 0.25) is 0 Å². The first-order valence-electron chi connectivity index (χ1n) is 10.8. The highest BCUT2D eigenvalue weighted by atomic mass is 19.1. The molecule has 2 atom stereocenters. The van der Waals surface area contributed by atoms with Crippen LogP contribution in [0.25, 0.3) is 22.5 Å². The third-order valence-electron chi connectivity index (χ3n) is 5.39. The number of aliphatic hydroxyl groups excluding tert-OH is 1. The molecule has 0 spiro atoms. The Hall–Kier alpha value is -4.02. The van der Waals surface area contributed by atoms with Crippen molar-refractivity contribution in [1.82, 2.24) is 25.5 Å². The third kappa shape index (κ3) is 5.73. The summed E-state index contributed by atoms with van der Waals surface area (Å²) < 4.78 is 33.3. The van der Waals surface area contributed by atoms with Gasteiger partial charge in [-0.25, -0.2) is 18.7 Å². The molecule has 180 valence electrons. The van der Waals surface area contributed by atoms with E-state index in [1.807, 2.05) is 0 Å². The number of nitrogens with zero attached hydrogens (tertiary/aromatic N) is 3. The number of halogens is 2. The summed E-state index contributed by atoms with van der Waals surface area (Å²) in [6.07, 6.45) is 2.21. The fourth-order valence-electron chi connectivity index (χ4n) is 3.65. The maximum absolute atomic E-state index is 15.0. The van der Waals surface area contributed by atoms with Crippen molar-refractivity contribution < 1.29 is 23.4 Å². The molecule has 0 fully saturated rings. The lowest BCUT2D eigenvalue weighted by atomic mass is 10.0. The summed E-state index contributed by atoms with van der Waals surface area (Å²) >= 11 is 0. The van der Waals surface area contributed by atoms with E-state index in [4.69, 9.17) is 4.74 Å². The van der Waals surface area contributed by atoms with Gasteiger partial charge in [-0.2, -0.15) is 5.10 Å². The van der Waals surface area contributed by atoms with Crippen LogP contribution in [0, 0.1) is 11.6 Å². The summed E-state index contributed by atoms with van der Waals surface area (Å²) in [6, 6.07) is 12.3. The third-order valence-corrected chi connectivity index (χ3v) is 5.39. The van der Waals surface area contributed by atoms with E-state index in [-0.39, 0.29) is 35.7 Å². The summed E-state index contributed by atoms with van der Waals surface area (Å²) in [4.78, 5) is 21.6. The maximum Gasteiger partial charge on any atom is 0.252 e. The highest BCUT2D eigenvalue weighted by Gasteiger charge is 2.26. The van der Waals surface area contributed by atoms with Crippen LogP contribution in [0.4, 0.5) is 8.78 Å². The fraction of sp³-hybridized carbons (Fsp3) is 0.200. The van der Waals surface area contributed by atoms with Crippen LogP contribution in [0.5, 0.6) is 0 Å². The molecule has 0 saturated carbocycles. The van der Waals surface area contributed by atoms with Gasteiger partial charge >= 0.3 is 0 Å². The minimum Gasteiger partial charge on any atom is -0.389 e. The Bertz CT molecular complexity index is 1280. The van der Waals surface area contributed by atoms with Crippen LogP contribution < -0.4 is 5.32 Å². The number of rotatable bonds is 9. The molecule has 2 aromatic carbocycles. The van der Waals surface area contributed by atoms with Crippen LogP contribution >= 0.6 is 0 Å². The zero-order valence-electron chi connectivity index (χ0n) is 18.8. The first-order chi connectivity index (χ1) is 17.0. The highest BCUT2D eigenvalue weighted by molar-refractivity contribution is 6.01. The second-order valence-corrected chi connectivity index (χ2v) is 7.81. The van der Waals surface area contributed by atoms with Crippen molar-refractivity contribution in [2.75, 3.05) is 13.7 Å². The molecule has 0 unspecified atom stereocenters. The van der Waals surface area contributed by atoms with Crippen molar-refractivity contribution in [3.63, 3.8) is 0 Å². The minimum absolute atomic E-state index is 0.0156. The van der Waals surface area contributed by atoms with Crippen molar-refractivity contribution in [2.45, 2.75) is 18.6 Å². The lowest BCUT2D eigenvalue weighted by Gasteiger charge is -2.23. The molecule has 10 heteroatoms. The molecule has 0 aliphatic heterocycles. The Kier molecular flexibility index (Phi) is 7.54. The van der Waals surface area contributed by atoms with E-state index in [9.17, 15) is 18.7 Å². The predicted molar refractivity (Wildman–Crippen MR) is 124 cm³/mol. The number of ether oxygens (including phenoxy) is 1. The molecule has 4 rings (SSSR count). The zero-order valence-corrected chi connectivity index (χ0v) is 18.8. The van der Waals surface area contributed by atoms with Crippen molar-refractivity contribution in [2.24, 2.45) is 0 Å². The van der Waals surface area contributed by atoms with Gasteiger partial charge in [0.1, 0.15) is 17.5 Å². The molecular formula is C25H23F2N5O3. The Morgan fingerprint density at radius 1 is 1.11 bits per heavy atom. The van der Waals surface area contributed by atoms with E-state index in [1.165, 1.54) is 37.4 Å². The van der Waals surface area contributed by atoms with Crippen LogP contribution in [-0.2, 0) is 11.2 Å². The SMILES string of the molecule is COC[C@@H](O)[C@@H](Cc1ncccn1)NC(=O)c1cccc(F)c1-c1cc(-c2ccc(F)cc2)n[nH]1. The number of nitrogens with one attached hydrogen (secondary N) is 2. The minimum atomic E-state index is -1.05. The Morgan fingerprint density at radius 2 is 1.86 bits per heavy atom. The van der Waals surface area contributed by atoms with Crippen molar-refractivity contribution >= 4 is 5.91 Å². The van der Waals surface area contributed by atoms with Gasteiger partial charge in [0.2, 0.25) is 0 Å². The first-order valence-corrected chi connectivity index (χ1v) is 10.8. The molecule has 2 aromatic heterocycles. The number of aliphatic hydroxyl groups is 1. The van der Waals surface area contributed by atoms with Crippen LogP contribution in [-0.4, -0.2) is 57.0 Å². The summed E-state index contributed by atoms with van der Waals surface area (Å²) in [5, 5.41) is 20.2. The largest absolute Gasteiger partial charge is 0.389 e. The summed E-state index contributed by atoms with van der Waals surface area (Å²) in [7, 11) is 1.43.